The number of aromatic hydroxyl groups is 1. The maximum atomic E-state index is 12.3. The lowest BCUT2D eigenvalue weighted by Gasteiger charge is -2.11. The zero-order valence-electron chi connectivity index (χ0n) is 13.2. The number of nitrogens with zero attached hydrogens (tertiary/aromatic N) is 1. The summed E-state index contributed by atoms with van der Waals surface area (Å²) >= 11 is 0. The molecule has 0 aliphatic carbocycles. The predicted octanol–water partition coefficient (Wildman–Crippen LogP) is 2.91. The predicted molar refractivity (Wildman–Crippen MR) is 87.4 cm³/mol. The Balaban J connectivity index is 2.45. The van der Waals surface area contributed by atoms with Crippen molar-refractivity contribution >= 4 is 11.9 Å². The Hall–Kier alpha value is -2.62. The molecular weight excluding hydrogens is 278 g/mol. The summed E-state index contributed by atoms with van der Waals surface area (Å²) in [7, 11) is 1.59. The van der Waals surface area contributed by atoms with Gasteiger partial charge in [0.1, 0.15) is 11.3 Å². The van der Waals surface area contributed by atoms with E-state index >= 15 is 0 Å². The second-order valence-corrected chi connectivity index (χ2v) is 5.41. The van der Waals surface area contributed by atoms with Gasteiger partial charge in [-0.2, -0.15) is 0 Å². The van der Waals surface area contributed by atoms with Gasteiger partial charge in [-0.1, -0.05) is 35.9 Å². The van der Waals surface area contributed by atoms with Crippen LogP contribution in [0, 0.1) is 20.8 Å². The third kappa shape index (κ3) is 2.86. The first kappa shape index (κ1) is 15.8. The maximum absolute atomic E-state index is 12.3. The molecule has 0 aliphatic heterocycles. The number of carbonyl (C=O) groups excluding carboxylic acids is 1. The second kappa shape index (κ2) is 6.02. The first-order valence-electron chi connectivity index (χ1n) is 7.01. The number of hydrogen-bond donors (Lipinski definition) is 1. The molecule has 0 bridgehead atoms. The summed E-state index contributed by atoms with van der Waals surface area (Å²) in [4.78, 5) is 24.5. The average molecular weight is 297 g/mol. The number of pyridine rings is 1. The lowest BCUT2D eigenvalue weighted by Crippen LogP contribution is -2.26. The van der Waals surface area contributed by atoms with Crippen molar-refractivity contribution < 1.29 is 9.90 Å². The summed E-state index contributed by atoms with van der Waals surface area (Å²) in [6, 6.07) is 7.66. The summed E-state index contributed by atoms with van der Waals surface area (Å²) < 4.78 is 1.38. The second-order valence-electron chi connectivity index (χ2n) is 5.41. The van der Waals surface area contributed by atoms with Gasteiger partial charge in [0.05, 0.1) is 0 Å². The number of carbonyl (C=O) groups is 1. The van der Waals surface area contributed by atoms with Crippen LogP contribution in [0.2, 0.25) is 0 Å². The Bertz CT molecular complexity index is 829. The van der Waals surface area contributed by atoms with Gasteiger partial charge < -0.3 is 9.67 Å². The number of ketones is 1. The van der Waals surface area contributed by atoms with E-state index in [2.05, 4.69) is 0 Å². The van der Waals surface area contributed by atoms with Crippen LogP contribution in [0.15, 0.2) is 35.1 Å². The normalized spacial score (nSPS) is 11.1. The highest BCUT2D eigenvalue weighted by atomic mass is 16.3. The summed E-state index contributed by atoms with van der Waals surface area (Å²) in [6.45, 7) is 5.38. The largest absolute Gasteiger partial charge is 0.507 e. The lowest BCUT2D eigenvalue weighted by molar-refractivity contribution is 0.104. The number of aryl methyl sites for hydroxylation is 1. The van der Waals surface area contributed by atoms with Gasteiger partial charge in [0.2, 0.25) is 0 Å². The Kier molecular flexibility index (Phi) is 4.31. The minimum Gasteiger partial charge on any atom is -0.507 e. The molecule has 0 fully saturated rings. The minimum atomic E-state index is -0.497. The highest BCUT2D eigenvalue weighted by Gasteiger charge is 2.19. The van der Waals surface area contributed by atoms with Gasteiger partial charge in [-0.25, -0.2) is 0 Å². The molecule has 0 saturated carbocycles. The number of aromatic nitrogens is 1. The van der Waals surface area contributed by atoms with Crippen LogP contribution in [0.5, 0.6) is 5.75 Å². The average Bonchev–Trinajstić information content (AvgIpc) is 2.49. The van der Waals surface area contributed by atoms with Crippen LogP contribution in [0.4, 0.5) is 0 Å². The minimum absolute atomic E-state index is 0.186. The van der Waals surface area contributed by atoms with E-state index in [4.69, 9.17) is 0 Å². The number of rotatable bonds is 3. The van der Waals surface area contributed by atoms with Gasteiger partial charge in [0, 0.05) is 18.3 Å². The fraction of sp³-hybridized carbons (Fsp3) is 0.222. The van der Waals surface area contributed by atoms with Crippen LogP contribution < -0.4 is 5.56 Å². The molecule has 114 valence electrons. The van der Waals surface area contributed by atoms with Crippen LogP contribution in [0.1, 0.15) is 32.7 Å². The molecule has 0 radical (unpaired) electrons. The van der Waals surface area contributed by atoms with E-state index in [1.807, 2.05) is 31.2 Å². The molecule has 1 aromatic carbocycles. The summed E-state index contributed by atoms with van der Waals surface area (Å²) in [5.74, 6) is -0.734. The molecule has 4 heteroatoms. The van der Waals surface area contributed by atoms with E-state index in [0.29, 0.717) is 11.3 Å². The first-order valence-corrected chi connectivity index (χ1v) is 7.01. The monoisotopic (exact) mass is 297 g/mol. The van der Waals surface area contributed by atoms with Gasteiger partial charge in [-0.3, -0.25) is 9.59 Å². The maximum Gasteiger partial charge on any atom is 0.265 e. The van der Waals surface area contributed by atoms with Gasteiger partial charge in [-0.05, 0) is 32.4 Å². The zero-order valence-corrected chi connectivity index (χ0v) is 13.2. The van der Waals surface area contributed by atoms with E-state index in [1.54, 1.807) is 27.0 Å². The molecule has 0 unspecified atom stereocenters. The molecule has 1 aromatic heterocycles. The summed E-state index contributed by atoms with van der Waals surface area (Å²) in [5, 5.41) is 10.1. The van der Waals surface area contributed by atoms with E-state index in [0.717, 1.165) is 11.1 Å². The van der Waals surface area contributed by atoms with Crippen molar-refractivity contribution in [3.63, 3.8) is 0 Å². The summed E-state index contributed by atoms with van der Waals surface area (Å²) in [6.07, 6.45) is 2.96. The van der Waals surface area contributed by atoms with Crippen molar-refractivity contribution in [1.82, 2.24) is 4.57 Å². The quantitative estimate of drug-likeness (QED) is 0.700. The first-order chi connectivity index (χ1) is 10.3. The van der Waals surface area contributed by atoms with Crippen LogP contribution in [-0.2, 0) is 7.05 Å². The van der Waals surface area contributed by atoms with Gasteiger partial charge in [0.25, 0.3) is 5.56 Å². The fourth-order valence-corrected chi connectivity index (χ4v) is 2.28. The molecular formula is C18H19NO3. The molecule has 0 amide bonds. The Morgan fingerprint density at radius 1 is 1.23 bits per heavy atom. The third-order valence-corrected chi connectivity index (χ3v) is 3.87. The topological polar surface area (TPSA) is 59.3 Å². The van der Waals surface area contributed by atoms with Crippen molar-refractivity contribution in [1.29, 1.82) is 0 Å². The van der Waals surface area contributed by atoms with Gasteiger partial charge >= 0.3 is 0 Å². The number of benzene rings is 1. The summed E-state index contributed by atoms with van der Waals surface area (Å²) in [5.41, 5.74) is 2.46. The molecule has 4 nitrogen and oxygen atoms in total. The van der Waals surface area contributed by atoms with Crippen molar-refractivity contribution in [3.8, 4) is 5.75 Å². The number of allylic oxidation sites excluding steroid dienone is 1. The Morgan fingerprint density at radius 2 is 1.91 bits per heavy atom. The molecule has 0 atom stereocenters. The highest BCUT2D eigenvalue weighted by molar-refractivity contribution is 6.08. The van der Waals surface area contributed by atoms with Crippen LogP contribution in [0.25, 0.3) is 6.08 Å². The molecule has 0 saturated heterocycles. The van der Waals surface area contributed by atoms with Crippen LogP contribution >= 0.6 is 0 Å². The molecule has 1 heterocycles. The van der Waals surface area contributed by atoms with Gasteiger partial charge in [0.15, 0.2) is 5.78 Å². The van der Waals surface area contributed by atoms with Crippen molar-refractivity contribution in [3.05, 3.63) is 68.6 Å². The molecule has 1 N–H and O–H groups in total. The van der Waals surface area contributed by atoms with E-state index in [9.17, 15) is 14.7 Å². The van der Waals surface area contributed by atoms with Crippen molar-refractivity contribution in [2.24, 2.45) is 7.05 Å². The van der Waals surface area contributed by atoms with Crippen molar-refractivity contribution in [2.45, 2.75) is 20.8 Å². The van der Waals surface area contributed by atoms with E-state index < -0.39 is 11.3 Å². The molecule has 22 heavy (non-hydrogen) atoms. The third-order valence-electron chi connectivity index (χ3n) is 3.87. The van der Waals surface area contributed by atoms with E-state index in [-0.39, 0.29) is 11.3 Å². The van der Waals surface area contributed by atoms with Crippen molar-refractivity contribution in [2.75, 3.05) is 0 Å². The Labute approximate surface area is 129 Å². The van der Waals surface area contributed by atoms with Gasteiger partial charge in [-0.15, -0.1) is 0 Å². The molecule has 2 rings (SSSR count). The van der Waals surface area contributed by atoms with Crippen LogP contribution in [0.3, 0.4) is 0 Å². The number of hydrogen-bond acceptors (Lipinski definition) is 3. The zero-order chi connectivity index (χ0) is 16.4. The smallest absolute Gasteiger partial charge is 0.265 e. The standard InChI is InChI=1S/C18H19NO3/c1-11-6-5-7-14(10-11)8-9-15(20)16-17(21)12(2)13(3)19(4)18(16)22/h5-10,21H,1-4H3. The lowest BCUT2D eigenvalue weighted by atomic mass is 10.0. The molecule has 0 spiro atoms. The van der Waals surface area contributed by atoms with Crippen LogP contribution in [-0.4, -0.2) is 15.5 Å². The molecule has 2 aromatic rings. The fourth-order valence-electron chi connectivity index (χ4n) is 2.28. The molecule has 0 aliphatic rings. The SMILES string of the molecule is Cc1cccc(C=CC(=O)c2c(O)c(C)c(C)n(C)c2=O)c1. The highest BCUT2D eigenvalue weighted by Crippen LogP contribution is 2.22. The Morgan fingerprint density at radius 3 is 2.55 bits per heavy atom. The van der Waals surface area contributed by atoms with E-state index in [1.165, 1.54) is 10.6 Å².